The number of hydrogen-bond donors (Lipinski definition) is 2. The van der Waals surface area contributed by atoms with Crippen LogP contribution in [0.25, 0.3) is 0 Å². The van der Waals surface area contributed by atoms with Gasteiger partial charge < -0.3 is 10.4 Å². The lowest BCUT2D eigenvalue weighted by Gasteiger charge is -2.21. The van der Waals surface area contributed by atoms with Gasteiger partial charge >= 0.3 is 6.18 Å². The minimum atomic E-state index is -4.45. The smallest absolute Gasteiger partial charge is 0.395 e. The first-order valence-corrected chi connectivity index (χ1v) is 5.73. The molecule has 1 amide bonds. The van der Waals surface area contributed by atoms with E-state index in [1.165, 1.54) is 32.0 Å². The van der Waals surface area contributed by atoms with Gasteiger partial charge in [0.05, 0.1) is 17.6 Å². The Labute approximate surface area is 109 Å². The van der Waals surface area contributed by atoms with Crippen LogP contribution >= 0.6 is 0 Å². The number of aliphatic hydroxyl groups is 1. The van der Waals surface area contributed by atoms with Gasteiger partial charge in [0.25, 0.3) is 0 Å². The summed E-state index contributed by atoms with van der Waals surface area (Å²) in [6, 6.07) is 5.06. The molecule has 0 saturated carbocycles. The summed E-state index contributed by atoms with van der Waals surface area (Å²) in [7, 11) is 0. The van der Waals surface area contributed by atoms with Crippen LogP contribution in [0.2, 0.25) is 0 Å². The van der Waals surface area contributed by atoms with Crippen molar-refractivity contribution in [3.8, 4) is 0 Å². The van der Waals surface area contributed by atoms with E-state index in [9.17, 15) is 18.0 Å². The number of benzene rings is 1. The van der Waals surface area contributed by atoms with E-state index >= 15 is 0 Å². The van der Waals surface area contributed by atoms with Crippen LogP contribution in [0, 0.1) is 5.41 Å². The third-order valence-corrected chi connectivity index (χ3v) is 2.77. The molecule has 1 rings (SSSR count). The Hall–Kier alpha value is -1.56. The molecule has 0 fully saturated rings. The summed E-state index contributed by atoms with van der Waals surface area (Å²) in [5.74, 6) is -0.494. The highest BCUT2D eigenvalue weighted by Gasteiger charge is 2.33. The summed E-state index contributed by atoms with van der Waals surface area (Å²) in [6.07, 6.45) is -4.45. The minimum absolute atomic E-state index is 0.00269. The number of carbonyl (C=O) groups excluding carboxylic acids is 1. The zero-order valence-corrected chi connectivity index (χ0v) is 10.7. The largest absolute Gasteiger partial charge is 0.416 e. The average Bonchev–Trinajstić information content (AvgIpc) is 2.35. The molecule has 0 heterocycles. The highest BCUT2D eigenvalue weighted by atomic mass is 19.4. The fraction of sp³-hybridized carbons (Fsp3) is 0.462. The van der Waals surface area contributed by atoms with E-state index in [4.69, 9.17) is 5.11 Å². The lowest BCUT2D eigenvalue weighted by atomic mass is 9.93. The third-order valence-electron chi connectivity index (χ3n) is 2.77. The predicted octanol–water partition coefficient (Wildman–Crippen LogP) is 2.34. The van der Waals surface area contributed by atoms with Crippen molar-refractivity contribution in [2.75, 3.05) is 6.61 Å². The summed E-state index contributed by atoms with van der Waals surface area (Å²) in [6.45, 7) is 2.42. The van der Waals surface area contributed by atoms with Gasteiger partial charge in [-0.05, 0) is 25.5 Å². The van der Waals surface area contributed by atoms with E-state index in [0.29, 0.717) is 0 Å². The lowest BCUT2D eigenvalue weighted by molar-refractivity contribution is -0.139. The Balaban J connectivity index is 2.82. The Bertz CT molecular complexity index is 455. The molecule has 0 unspecified atom stereocenters. The van der Waals surface area contributed by atoms with E-state index in [-0.39, 0.29) is 18.7 Å². The molecule has 106 valence electrons. The second kappa shape index (κ2) is 5.61. The van der Waals surface area contributed by atoms with Gasteiger partial charge in [-0.1, -0.05) is 18.2 Å². The van der Waals surface area contributed by atoms with Gasteiger partial charge in [0.15, 0.2) is 0 Å². The number of halogens is 3. The quantitative estimate of drug-likeness (QED) is 0.886. The van der Waals surface area contributed by atoms with E-state index in [0.717, 1.165) is 6.07 Å². The highest BCUT2D eigenvalue weighted by molar-refractivity contribution is 5.81. The van der Waals surface area contributed by atoms with Crippen molar-refractivity contribution in [1.29, 1.82) is 0 Å². The second-order valence-electron chi connectivity index (χ2n) is 4.88. The van der Waals surface area contributed by atoms with Crippen molar-refractivity contribution in [3.63, 3.8) is 0 Å². The van der Waals surface area contributed by atoms with Crippen LogP contribution in [0.4, 0.5) is 13.2 Å². The normalized spacial score (nSPS) is 12.3. The molecule has 1 aromatic carbocycles. The van der Waals surface area contributed by atoms with E-state index in [1.807, 2.05) is 0 Å². The summed E-state index contributed by atoms with van der Waals surface area (Å²) in [5, 5.41) is 11.4. The predicted molar refractivity (Wildman–Crippen MR) is 64.2 cm³/mol. The third kappa shape index (κ3) is 3.96. The molecule has 0 bridgehead atoms. The van der Waals surface area contributed by atoms with Crippen molar-refractivity contribution >= 4 is 5.91 Å². The fourth-order valence-electron chi connectivity index (χ4n) is 1.44. The monoisotopic (exact) mass is 275 g/mol. The van der Waals surface area contributed by atoms with Gasteiger partial charge in [-0.2, -0.15) is 13.2 Å². The van der Waals surface area contributed by atoms with Crippen LogP contribution in [-0.2, 0) is 17.5 Å². The van der Waals surface area contributed by atoms with Crippen molar-refractivity contribution in [1.82, 2.24) is 5.32 Å². The van der Waals surface area contributed by atoms with Crippen molar-refractivity contribution in [2.24, 2.45) is 5.41 Å². The van der Waals surface area contributed by atoms with Gasteiger partial charge in [0.1, 0.15) is 0 Å². The molecule has 0 saturated heterocycles. The van der Waals surface area contributed by atoms with Gasteiger partial charge in [-0.3, -0.25) is 4.79 Å². The molecule has 6 heteroatoms. The first-order valence-electron chi connectivity index (χ1n) is 5.73. The summed E-state index contributed by atoms with van der Waals surface area (Å²) < 4.78 is 38.2. The summed E-state index contributed by atoms with van der Waals surface area (Å²) in [5.41, 5.74) is -1.79. The van der Waals surface area contributed by atoms with Gasteiger partial charge in [0.2, 0.25) is 5.91 Å². The van der Waals surface area contributed by atoms with Crippen molar-refractivity contribution in [3.05, 3.63) is 35.4 Å². The Morgan fingerprint density at radius 3 is 2.37 bits per heavy atom. The molecular weight excluding hydrogens is 259 g/mol. The fourth-order valence-corrected chi connectivity index (χ4v) is 1.44. The van der Waals surface area contributed by atoms with Crippen LogP contribution in [0.15, 0.2) is 24.3 Å². The lowest BCUT2D eigenvalue weighted by Crippen LogP contribution is -2.39. The standard InChI is InChI=1S/C13H16F3NO2/c1-12(2,8-18)11(19)17-7-9-5-3-4-6-10(9)13(14,15)16/h3-6,18H,7-8H2,1-2H3,(H,17,19). The topological polar surface area (TPSA) is 49.3 Å². The molecule has 0 aliphatic carbocycles. The molecule has 3 nitrogen and oxygen atoms in total. The van der Waals surface area contributed by atoms with E-state index in [1.54, 1.807) is 0 Å². The van der Waals surface area contributed by atoms with Crippen LogP contribution in [0.5, 0.6) is 0 Å². The molecule has 0 radical (unpaired) electrons. The van der Waals surface area contributed by atoms with Gasteiger partial charge in [0, 0.05) is 6.54 Å². The number of rotatable bonds is 4. The number of hydrogen-bond acceptors (Lipinski definition) is 2. The highest BCUT2D eigenvalue weighted by Crippen LogP contribution is 2.31. The molecule has 2 N–H and O–H groups in total. The van der Waals surface area contributed by atoms with E-state index in [2.05, 4.69) is 5.32 Å². The zero-order valence-electron chi connectivity index (χ0n) is 10.7. The maximum Gasteiger partial charge on any atom is 0.416 e. The zero-order chi connectivity index (χ0) is 14.7. The van der Waals surface area contributed by atoms with E-state index < -0.39 is 23.1 Å². The number of aliphatic hydroxyl groups excluding tert-OH is 1. The first-order chi connectivity index (χ1) is 8.68. The van der Waals surface area contributed by atoms with Gasteiger partial charge in [-0.15, -0.1) is 0 Å². The molecule has 0 aliphatic heterocycles. The SMILES string of the molecule is CC(C)(CO)C(=O)NCc1ccccc1C(F)(F)F. The Morgan fingerprint density at radius 2 is 1.84 bits per heavy atom. The second-order valence-corrected chi connectivity index (χ2v) is 4.88. The Kier molecular flexibility index (Phi) is 4.57. The van der Waals surface area contributed by atoms with Crippen LogP contribution < -0.4 is 5.32 Å². The maximum absolute atomic E-state index is 12.7. The molecule has 0 aliphatic rings. The molecule has 19 heavy (non-hydrogen) atoms. The number of nitrogens with one attached hydrogen (secondary N) is 1. The molecule has 0 atom stereocenters. The van der Waals surface area contributed by atoms with Crippen LogP contribution in [0.1, 0.15) is 25.0 Å². The van der Waals surface area contributed by atoms with Gasteiger partial charge in [-0.25, -0.2) is 0 Å². The molecule has 0 spiro atoms. The van der Waals surface area contributed by atoms with Crippen molar-refractivity contribution in [2.45, 2.75) is 26.6 Å². The number of alkyl halides is 3. The number of amides is 1. The van der Waals surface area contributed by atoms with Crippen LogP contribution in [-0.4, -0.2) is 17.6 Å². The minimum Gasteiger partial charge on any atom is -0.395 e. The van der Waals surface area contributed by atoms with Crippen LogP contribution in [0.3, 0.4) is 0 Å². The molecule has 0 aromatic heterocycles. The first kappa shape index (κ1) is 15.5. The van der Waals surface area contributed by atoms with Crippen molar-refractivity contribution < 1.29 is 23.1 Å². The maximum atomic E-state index is 12.7. The number of carbonyl (C=O) groups is 1. The Morgan fingerprint density at radius 1 is 1.26 bits per heavy atom. The summed E-state index contributed by atoms with van der Waals surface area (Å²) >= 11 is 0. The summed E-state index contributed by atoms with van der Waals surface area (Å²) in [4.78, 5) is 11.7. The molecule has 1 aromatic rings. The average molecular weight is 275 g/mol. The molecular formula is C13H16F3NO2.